The molecule has 1 aliphatic rings. The van der Waals surface area contributed by atoms with Crippen LogP contribution in [0.1, 0.15) is 38.4 Å². The van der Waals surface area contributed by atoms with Gasteiger partial charge < -0.3 is 15.5 Å². The van der Waals surface area contributed by atoms with Gasteiger partial charge in [0.2, 0.25) is 0 Å². The van der Waals surface area contributed by atoms with Crippen LogP contribution in [-0.4, -0.2) is 24.9 Å². The van der Waals surface area contributed by atoms with Crippen LogP contribution in [0.4, 0.5) is 17.1 Å². The molecule has 6 heteroatoms. The van der Waals surface area contributed by atoms with Crippen molar-refractivity contribution >= 4 is 40.2 Å². The fourth-order valence-corrected chi connectivity index (χ4v) is 4.12. The molecule has 0 atom stereocenters. The van der Waals surface area contributed by atoms with Crippen molar-refractivity contribution in [3.63, 3.8) is 0 Å². The third-order valence-electron chi connectivity index (χ3n) is 4.99. The molecule has 1 aliphatic heterocycles. The van der Waals surface area contributed by atoms with Crippen LogP contribution in [0.2, 0.25) is 0 Å². The van der Waals surface area contributed by atoms with Crippen molar-refractivity contribution < 1.29 is 9.59 Å². The van der Waals surface area contributed by atoms with Gasteiger partial charge in [-0.3, -0.25) is 9.59 Å². The van der Waals surface area contributed by atoms with E-state index >= 15 is 0 Å². The minimum absolute atomic E-state index is 0.119. The Morgan fingerprint density at radius 3 is 2.17 bits per heavy atom. The molecular formula is C23H23N3O2S. The number of hydrogen-bond acceptors (Lipinski definition) is 4. The van der Waals surface area contributed by atoms with Crippen LogP contribution in [-0.2, 0) is 0 Å². The van der Waals surface area contributed by atoms with E-state index in [1.807, 2.05) is 30.5 Å². The average molecular weight is 406 g/mol. The lowest BCUT2D eigenvalue weighted by Gasteiger charge is -2.21. The van der Waals surface area contributed by atoms with Gasteiger partial charge in [0.15, 0.2) is 0 Å². The number of hydrogen-bond donors (Lipinski definition) is 2. The van der Waals surface area contributed by atoms with Crippen LogP contribution in [0, 0.1) is 6.92 Å². The zero-order chi connectivity index (χ0) is 20.2. The zero-order valence-corrected chi connectivity index (χ0v) is 17.1. The minimum Gasteiger partial charge on any atom is -0.371 e. The van der Waals surface area contributed by atoms with Gasteiger partial charge in [-0.1, -0.05) is 17.7 Å². The van der Waals surface area contributed by atoms with E-state index in [1.54, 1.807) is 30.3 Å². The van der Waals surface area contributed by atoms with Crippen molar-refractivity contribution in [3.8, 4) is 0 Å². The van der Waals surface area contributed by atoms with E-state index in [1.165, 1.54) is 11.3 Å². The summed E-state index contributed by atoms with van der Waals surface area (Å²) in [4.78, 5) is 28.0. The van der Waals surface area contributed by atoms with Crippen LogP contribution in [0.15, 0.2) is 60.0 Å². The first-order valence-corrected chi connectivity index (χ1v) is 10.6. The zero-order valence-electron chi connectivity index (χ0n) is 16.3. The number of rotatable bonds is 5. The van der Waals surface area contributed by atoms with E-state index in [4.69, 9.17) is 0 Å². The molecule has 2 amide bonds. The van der Waals surface area contributed by atoms with E-state index in [2.05, 4.69) is 21.6 Å². The molecule has 4 rings (SSSR count). The minimum atomic E-state index is -0.133. The van der Waals surface area contributed by atoms with Gasteiger partial charge in [-0.15, -0.1) is 11.3 Å². The second-order valence-electron chi connectivity index (χ2n) is 7.18. The van der Waals surface area contributed by atoms with E-state index < -0.39 is 0 Å². The Morgan fingerprint density at radius 1 is 0.897 bits per heavy atom. The highest BCUT2D eigenvalue weighted by Gasteiger charge is 2.20. The Balaban J connectivity index is 1.46. The summed E-state index contributed by atoms with van der Waals surface area (Å²) in [5, 5.41) is 7.71. The van der Waals surface area contributed by atoms with Crippen LogP contribution in [0.25, 0.3) is 0 Å². The number of thiophene rings is 1. The molecule has 1 fully saturated rings. The molecule has 5 nitrogen and oxygen atoms in total. The van der Waals surface area contributed by atoms with Crippen LogP contribution >= 0.6 is 11.3 Å². The molecule has 3 aromatic rings. The topological polar surface area (TPSA) is 61.4 Å². The maximum atomic E-state index is 13.0. The summed E-state index contributed by atoms with van der Waals surface area (Å²) in [5.74, 6) is -0.252. The predicted octanol–water partition coefficient (Wildman–Crippen LogP) is 5.16. The predicted molar refractivity (Wildman–Crippen MR) is 119 cm³/mol. The highest BCUT2D eigenvalue weighted by molar-refractivity contribution is 7.12. The molecule has 0 aliphatic carbocycles. The molecule has 0 spiro atoms. The maximum absolute atomic E-state index is 13.0. The molecule has 1 saturated heterocycles. The average Bonchev–Trinajstić information content (AvgIpc) is 3.43. The lowest BCUT2D eigenvalue weighted by atomic mass is 10.1. The summed E-state index contributed by atoms with van der Waals surface area (Å²) in [7, 11) is 0. The highest BCUT2D eigenvalue weighted by Crippen LogP contribution is 2.27. The number of anilines is 3. The summed E-state index contributed by atoms with van der Waals surface area (Å²) >= 11 is 1.40. The molecule has 0 unspecified atom stereocenters. The molecule has 2 heterocycles. The molecule has 2 N–H and O–H groups in total. The molecule has 29 heavy (non-hydrogen) atoms. The SMILES string of the molecule is Cc1ccc(N2CCCC2)c(C(=O)Nc2ccc(NC(=O)c3cccs3)cc2)c1. The van der Waals surface area contributed by atoms with Crippen molar-refractivity contribution in [1.82, 2.24) is 0 Å². The van der Waals surface area contributed by atoms with E-state index in [9.17, 15) is 9.59 Å². The number of amides is 2. The highest BCUT2D eigenvalue weighted by atomic mass is 32.1. The number of aryl methyl sites for hydroxylation is 1. The number of nitrogens with one attached hydrogen (secondary N) is 2. The van der Waals surface area contributed by atoms with Gasteiger partial charge in [-0.25, -0.2) is 0 Å². The smallest absolute Gasteiger partial charge is 0.265 e. The first-order chi connectivity index (χ1) is 14.1. The fourth-order valence-electron chi connectivity index (χ4n) is 3.50. The summed E-state index contributed by atoms with van der Waals surface area (Å²) in [6.07, 6.45) is 2.32. The molecule has 2 aromatic carbocycles. The van der Waals surface area contributed by atoms with Gasteiger partial charge in [0.25, 0.3) is 11.8 Å². The fraction of sp³-hybridized carbons (Fsp3) is 0.217. The second kappa shape index (κ2) is 8.49. The first-order valence-electron chi connectivity index (χ1n) is 9.72. The quantitative estimate of drug-likeness (QED) is 0.616. The van der Waals surface area contributed by atoms with Gasteiger partial charge in [-0.2, -0.15) is 0 Å². The molecular weight excluding hydrogens is 382 g/mol. The molecule has 148 valence electrons. The van der Waals surface area contributed by atoms with Crippen molar-refractivity contribution in [1.29, 1.82) is 0 Å². The Labute approximate surface area is 174 Å². The van der Waals surface area contributed by atoms with Crippen molar-refractivity contribution in [3.05, 3.63) is 76.0 Å². The standard InChI is InChI=1S/C23H23N3O2S/c1-16-6-11-20(26-12-2-3-13-26)19(15-16)22(27)24-17-7-9-18(10-8-17)25-23(28)21-5-4-14-29-21/h4-11,14-15H,2-3,12-13H2,1H3,(H,24,27)(H,25,28). The number of nitrogens with zero attached hydrogens (tertiary/aromatic N) is 1. The molecule has 0 radical (unpaired) electrons. The summed E-state index contributed by atoms with van der Waals surface area (Å²) in [5.41, 5.74) is 4.13. The lowest BCUT2D eigenvalue weighted by Crippen LogP contribution is -2.23. The Morgan fingerprint density at radius 2 is 1.55 bits per heavy atom. The number of benzene rings is 2. The maximum Gasteiger partial charge on any atom is 0.265 e. The van der Waals surface area contributed by atoms with Gasteiger partial charge >= 0.3 is 0 Å². The van der Waals surface area contributed by atoms with E-state index in [-0.39, 0.29) is 11.8 Å². The second-order valence-corrected chi connectivity index (χ2v) is 8.13. The first kappa shape index (κ1) is 19.2. The van der Waals surface area contributed by atoms with E-state index in [0.717, 1.165) is 37.2 Å². The van der Waals surface area contributed by atoms with Crippen molar-refractivity contribution in [2.24, 2.45) is 0 Å². The summed E-state index contributed by atoms with van der Waals surface area (Å²) < 4.78 is 0. The van der Waals surface area contributed by atoms with Crippen molar-refractivity contribution in [2.75, 3.05) is 28.6 Å². The van der Waals surface area contributed by atoms with Crippen molar-refractivity contribution in [2.45, 2.75) is 19.8 Å². The van der Waals surface area contributed by atoms with Gasteiger partial charge in [0.1, 0.15) is 0 Å². The largest absolute Gasteiger partial charge is 0.371 e. The number of carbonyl (C=O) groups excluding carboxylic acids is 2. The van der Waals surface area contributed by atoms with E-state index in [0.29, 0.717) is 21.8 Å². The lowest BCUT2D eigenvalue weighted by molar-refractivity contribution is 0.102. The summed E-state index contributed by atoms with van der Waals surface area (Å²) in [6, 6.07) is 16.8. The van der Waals surface area contributed by atoms with Gasteiger partial charge in [0.05, 0.1) is 10.4 Å². The Kier molecular flexibility index (Phi) is 5.62. The molecule has 0 bridgehead atoms. The summed E-state index contributed by atoms with van der Waals surface area (Å²) in [6.45, 7) is 3.97. The Hall–Kier alpha value is -3.12. The Bertz CT molecular complexity index is 1010. The normalized spacial score (nSPS) is 13.3. The third kappa shape index (κ3) is 4.49. The van der Waals surface area contributed by atoms with Crippen LogP contribution in [0.3, 0.4) is 0 Å². The monoisotopic (exact) mass is 405 g/mol. The number of carbonyl (C=O) groups is 2. The van der Waals surface area contributed by atoms with Crippen LogP contribution < -0.4 is 15.5 Å². The van der Waals surface area contributed by atoms with Gasteiger partial charge in [-0.05, 0) is 67.6 Å². The third-order valence-corrected chi connectivity index (χ3v) is 5.86. The molecule has 0 saturated carbocycles. The van der Waals surface area contributed by atoms with Gasteiger partial charge in [0, 0.05) is 30.2 Å². The molecule has 1 aromatic heterocycles. The van der Waals surface area contributed by atoms with Crippen LogP contribution in [0.5, 0.6) is 0 Å².